The van der Waals surface area contributed by atoms with Gasteiger partial charge in [0.25, 0.3) is 5.02 Å². The van der Waals surface area contributed by atoms with Gasteiger partial charge in [0.05, 0.1) is 0 Å². The van der Waals surface area contributed by atoms with E-state index in [1.54, 1.807) is 0 Å². The van der Waals surface area contributed by atoms with Crippen LogP contribution in [-0.4, -0.2) is 61.0 Å². The van der Waals surface area contributed by atoms with E-state index < -0.39 is 26.2 Å². The van der Waals surface area contributed by atoms with E-state index >= 15 is 0 Å². The van der Waals surface area contributed by atoms with E-state index in [-0.39, 0.29) is 13.0 Å². The summed E-state index contributed by atoms with van der Waals surface area (Å²) in [5, 5.41) is 4.82. The molecule has 1 aliphatic heterocycles. The van der Waals surface area contributed by atoms with Crippen LogP contribution in [0.1, 0.15) is 6.42 Å². The van der Waals surface area contributed by atoms with Crippen molar-refractivity contribution in [1.29, 1.82) is 5.41 Å². The molecule has 0 aromatic rings. The minimum atomic E-state index is -5.23. The monoisotopic (exact) mass is 299 g/mol. The molecule has 0 amide bonds. The van der Waals surface area contributed by atoms with Crippen LogP contribution >= 0.6 is 15.2 Å². The molecule has 0 unspecified atom stereocenters. The number of hydrogen-bond acceptors (Lipinski definition) is 3. The Morgan fingerprint density at radius 3 is 2.06 bits per heavy atom. The fourth-order valence-electron chi connectivity index (χ4n) is 1.77. The highest BCUT2D eigenvalue weighted by molar-refractivity contribution is 7.72. The van der Waals surface area contributed by atoms with Gasteiger partial charge in [0, 0.05) is 27.1 Å². The summed E-state index contributed by atoms with van der Waals surface area (Å²) in [7, 11) is -7.59. The van der Waals surface area contributed by atoms with Gasteiger partial charge in [-0.05, 0) is 6.42 Å². The van der Waals surface area contributed by atoms with E-state index in [4.69, 9.17) is 5.41 Å². The van der Waals surface area contributed by atoms with E-state index in [1.165, 1.54) is 19.0 Å². The van der Waals surface area contributed by atoms with Gasteiger partial charge in [-0.3, -0.25) is 14.5 Å². The van der Waals surface area contributed by atoms with Crippen LogP contribution in [0.2, 0.25) is 0 Å². The van der Waals surface area contributed by atoms with E-state index in [0.29, 0.717) is 4.90 Å². The second-order valence-corrected chi connectivity index (χ2v) is 7.84. The minimum Gasteiger partial charge on any atom is -0.349 e. The average molecular weight is 299 g/mol. The van der Waals surface area contributed by atoms with E-state index in [1.807, 2.05) is 0 Å². The summed E-state index contributed by atoms with van der Waals surface area (Å²) >= 11 is 0. The molecular weight excluding hydrogens is 284 g/mol. The predicted octanol–water partition coefficient (Wildman–Crippen LogP) is -0.721. The summed E-state index contributed by atoms with van der Waals surface area (Å²) in [4.78, 5) is 39.1. The van der Waals surface area contributed by atoms with Gasteiger partial charge in [0.15, 0.2) is 5.96 Å². The molecule has 0 aromatic carbocycles. The van der Waals surface area contributed by atoms with Crippen LogP contribution in [0.15, 0.2) is 0 Å². The van der Waals surface area contributed by atoms with Crippen molar-refractivity contribution in [2.45, 2.75) is 11.4 Å². The Kier molecular flexibility index (Phi) is 3.99. The lowest BCUT2D eigenvalue weighted by Crippen LogP contribution is -2.51. The highest BCUT2D eigenvalue weighted by Crippen LogP contribution is 2.73. The molecule has 2 radical (unpaired) electrons. The normalized spacial score (nSPS) is 20.0. The zero-order chi connectivity index (χ0) is 14.4. The van der Waals surface area contributed by atoms with Crippen LogP contribution in [-0.2, 0) is 9.13 Å². The molecule has 1 heterocycles. The second-order valence-electron chi connectivity index (χ2n) is 4.02. The number of hydrogen-bond donors (Lipinski definition) is 5. The number of nitrogens with one attached hydrogen (secondary N) is 1. The molecule has 5 N–H and O–H groups in total. The number of likely N-dealkylation sites (tertiary alicyclic amines) is 1. The predicted molar refractivity (Wildman–Crippen MR) is 62.8 cm³/mol. The Balaban J connectivity index is 3.40. The fourth-order valence-corrected chi connectivity index (χ4v) is 4.78. The Morgan fingerprint density at radius 1 is 1.28 bits per heavy atom. The topological polar surface area (TPSA) is 145 Å². The third-order valence-electron chi connectivity index (χ3n) is 2.57. The molecule has 1 fully saturated rings. The van der Waals surface area contributed by atoms with Crippen molar-refractivity contribution < 1.29 is 28.7 Å². The zero-order valence-electron chi connectivity index (χ0n) is 9.81. The smallest absolute Gasteiger partial charge is 0.349 e. The van der Waals surface area contributed by atoms with Crippen LogP contribution in [0, 0.1) is 11.8 Å². The molecule has 0 bridgehead atoms. The van der Waals surface area contributed by atoms with Crippen molar-refractivity contribution >= 4 is 21.2 Å². The Labute approximate surface area is 104 Å². The molecule has 11 heteroatoms. The lowest BCUT2D eigenvalue weighted by atomic mass is 10.4. The van der Waals surface area contributed by atoms with Crippen molar-refractivity contribution in [3.8, 4) is 0 Å². The van der Waals surface area contributed by atoms with Gasteiger partial charge in [-0.2, -0.15) is 0 Å². The van der Waals surface area contributed by atoms with Crippen LogP contribution in [0.25, 0.3) is 0 Å². The molecule has 0 saturated carbocycles. The van der Waals surface area contributed by atoms with Crippen LogP contribution < -0.4 is 0 Å². The van der Waals surface area contributed by atoms with Crippen molar-refractivity contribution in [3.05, 3.63) is 6.42 Å². The molecule has 0 atom stereocenters. The van der Waals surface area contributed by atoms with Crippen molar-refractivity contribution in [2.24, 2.45) is 0 Å². The Hall–Kier alpha value is -0.430. The van der Waals surface area contributed by atoms with Crippen LogP contribution in [0.4, 0.5) is 0 Å². The van der Waals surface area contributed by atoms with Gasteiger partial charge < -0.3 is 29.4 Å². The molecule has 104 valence electrons. The standard InChI is InChI=1S/C7H15N3O6P2/c1-9(2)6(8)10-5-3-4-7(10,17(11,12)13)18(14,15)16/h8H,3,5H2,1-2H3,(H2,11,12,13)(H2,14,15,16). The fraction of sp³-hybridized carbons (Fsp3) is 0.714. The maximum Gasteiger partial charge on any atom is 0.364 e. The molecule has 9 nitrogen and oxygen atoms in total. The maximum absolute atomic E-state index is 11.5. The molecule has 0 aliphatic carbocycles. The molecule has 0 spiro atoms. The Bertz CT molecular complexity index is 418. The Morgan fingerprint density at radius 2 is 1.72 bits per heavy atom. The summed E-state index contributed by atoms with van der Waals surface area (Å²) in [5.41, 5.74) is 0. The number of guanidine groups is 1. The van der Waals surface area contributed by atoms with E-state index in [2.05, 4.69) is 6.42 Å². The van der Waals surface area contributed by atoms with E-state index in [9.17, 15) is 28.7 Å². The first-order valence-electron chi connectivity index (χ1n) is 4.85. The first-order valence-corrected chi connectivity index (χ1v) is 8.07. The molecular formula is C7H15N3O6P2. The third kappa shape index (κ3) is 2.22. The van der Waals surface area contributed by atoms with Crippen LogP contribution in [0.5, 0.6) is 0 Å². The quantitative estimate of drug-likeness (QED) is 0.255. The maximum atomic E-state index is 11.5. The van der Waals surface area contributed by atoms with Crippen LogP contribution in [0.3, 0.4) is 0 Å². The van der Waals surface area contributed by atoms with E-state index in [0.717, 1.165) is 0 Å². The summed E-state index contributed by atoms with van der Waals surface area (Å²) in [6.07, 6.45) is 2.12. The largest absolute Gasteiger partial charge is 0.364 e. The average Bonchev–Trinajstić information content (AvgIpc) is 2.58. The SMILES string of the molecule is CN(C)C(=N)N1CC[C]C1(P(=O)(O)O)P(=O)(O)O. The van der Waals surface area contributed by atoms with Gasteiger partial charge in [-0.25, -0.2) is 0 Å². The van der Waals surface area contributed by atoms with Gasteiger partial charge in [0.1, 0.15) is 0 Å². The summed E-state index contributed by atoms with van der Waals surface area (Å²) in [6, 6.07) is 0. The number of rotatable bonds is 2. The van der Waals surface area contributed by atoms with Gasteiger partial charge >= 0.3 is 15.2 Å². The van der Waals surface area contributed by atoms with Crippen molar-refractivity contribution in [1.82, 2.24) is 9.80 Å². The molecule has 1 saturated heterocycles. The first-order chi connectivity index (χ1) is 7.95. The molecule has 0 aromatic heterocycles. The summed E-state index contributed by atoms with van der Waals surface area (Å²) in [5.74, 6) is -0.397. The summed E-state index contributed by atoms with van der Waals surface area (Å²) < 4.78 is 23.0. The second kappa shape index (κ2) is 4.59. The summed E-state index contributed by atoms with van der Waals surface area (Å²) in [6.45, 7) is -0.0900. The van der Waals surface area contributed by atoms with Crippen molar-refractivity contribution in [2.75, 3.05) is 20.6 Å². The molecule has 18 heavy (non-hydrogen) atoms. The molecule has 1 aliphatic rings. The molecule has 1 rings (SSSR count). The lowest BCUT2D eigenvalue weighted by molar-refractivity contribution is 0.254. The van der Waals surface area contributed by atoms with Gasteiger partial charge in [-0.1, -0.05) is 0 Å². The number of nitrogens with zero attached hydrogens (tertiary/aromatic N) is 2. The zero-order valence-corrected chi connectivity index (χ0v) is 11.6. The van der Waals surface area contributed by atoms with Gasteiger partial charge in [0.2, 0.25) is 0 Å². The highest BCUT2D eigenvalue weighted by Gasteiger charge is 2.67. The first kappa shape index (κ1) is 15.6. The minimum absolute atomic E-state index is 0.0492. The lowest BCUT2D eigenvalue weighted by Gasteiger charge is -2.40. The highest BCUT2D eigenvalue weighted by atomic mass is 31.2. The third-order valence-corrected chi connectivity index (χ3v) is 6.55. The van der Waals surface area contributed by atoms with Gasteiger partial charge in [-0.15, -0.1) is 0 Å². The van der Waals surface area contributed by atoms with Crippen molar-refractivity contribution in [3.63, 3.8) is 0 Å².